The molecule has 0 fully saturated rings. The van der Waals surface area contributed by atoms with E-state index < -0.39 is 28.0 Å². The van der Waals surface area contributed by atoms with Crippen molar-refractivity contribution < 1.29 is 22.7 Å². The van der Waals surface area contributed by atoms with Gasteiger partial charge in [-0.25, -0.2) is 13.2 Å². The smallest absolute Gasteiger partial charge is 0.339 e. The fourth-order valence-corrected chi connectivity index (χ4v) is 4.47. The number of benzene rings is 3. The lowest BCUT2D eigenvalue weighted by molar-refractivity contribution is -0.129. The molecule has 0 heterocycles. The van der Waals surface area contributed by atoms with E-state index >= 15 is 0 Å². The number of nitrogens with one attached hydrogen (secondary N) is 2. The summed E-state index contributed by atoms with van der Waals surface area (Å²) in [5.74, 6) is -1.23. The molecule has 3 rings (SSSR count). The Morgan fingerprint density at radius 2 is 1.50 bits per heavy atom. The lowest BCUT2D eigenvalue weighted by Gasteiger charge is -2.19. The van der Waals surface area contributed by atoms with Gasteiger partial charge in [0.15, 0.2) is 6.10 Å². The van der Waals surface area contributed by atoms with Crippen LogP contribution >= 0.6 is 0 Å². The molecule has 0 radical (unpaired) electrons. The van der Waals surface area contributed by atoms with Crippen molar-refractivity contribution in [2.45, 2.75) is 44.7 Å². The van der Waals surface area contributed by atoms with Crippen molar-refractivity contribution in [2.24, 2.45) is 0 Å². The van der Waals surface area contributed by atoms with E-state index in [1.165, 1.54) is 25.1 Å². The van der Waals surface area contributed by atoms with Crippen LogP contribution in [0.4, 0.5) is 5.69 Å². The molecule has 0 aliphatic rings. The molecule has 7 nitrogen and oxygen atoms in total. The van der Waals surface area contributed by atoms with Crippen LogP contribution in [0.1, 0.15) is 46.9 Å². The molecule has 2 atom stereocenters. The van der Waals surface area contributed by atoms with Gasteiger partial charge in [-0.05, 0) is 62.6 Å². The number of amides is 1. The van der Waals surface area contributed by atoms with Gasteiger partial charge in [0.1, 0.15) is 0 Å². The van der Waals surface area contributed by atoms with Gasteiger partial charge in [0.25, 0.3) is 15.9 Å². The number of carbonyl (C=O) groups excluding carboxylic acids is 2. The molecule has 34 heavy (non-hydrogen) atoms. The first-order valence-corrected chi connectivity index (χ1v) is 12.3. The highest BCUT2D eigenvalue weighted by molar-refractivity contribution is 7.92. The van der Waals surface area contributed by atoms with Gasteiger partial charge in [-0.15, -0.1) is 0 Å². The summed E-state index contributed by atoms with van der Waals surface area (Å²) < 4.78 is 33.7. The molecule has 0 aliphatic carbocycles. The topological polar surface area (TPSA) is 102 Å². The number of aryl methyl sites for hydroxylation is 2. The predicted octanol–water partition coefficient (Wildman–Crippen LogP) is 4.53. The second kappa shape index (κ2) is 10.5. The van der Waals surface area contributed by atoms with Gasteiger partial charge in [-0.2, -0.15) is 0 Å². The maximum Gasteiger partial charge on any atom is 0.339 e. The molecule has 0 bridgehead atoms. The Kier molecular flexibility index (Phi) is 7.73. The number of hydrogen-bond donors (Lipinski definition) is 2. The summed E-state index contributed by atoms with van der Waals surface area (Å²) in [6.45, 7) is 6.77. The van der Waals surface area contributed by atoms with Gasteiger partial charge in [0.05, 0.1) is 22.2 Å². The molecule has 1 amide bonds. The second-order valence-electron chi connectivity index (χ2n) is 8.09. The quantitative estimate of drug-likeness (QED) is 0.462. The van der Waals surface area contributed by atoms with E-state index in [9.17, 15) is 18.0 Å². The van der Waals surface area contributed by atoms with E-state index in [-0.39, 0.29) is 16.5 Å². The number of rotatable bonds is 8. The van der Waals surface area contributed by atoms with Crippen LogP contribution in [0.5, 0.6) is 0 Å². The highest BCUT2D eigenvalue weighted by Gasteiger charge is 2.24. The van der Waals surface area contributed by atoms with Crippen molar-refractivity contribution in [1.82, 2.24) is 5.32 Å². The molecule has 0 saturated heterocycles. The third kappa shape index (κ3) is 6.02. The third-order valence-corrected chi connectivity index (χ3v) is 6.80. The van der Waals surface area contributed by atoms with Gasteiger partial charge in [0, 0.05) is 0 Å². The fraction of sp³-hybridized carbons (Fsp3) is 0.231. The number of anilines is 1. The molecule has 0 saturated carbocycles. The Balaban J connectivity index is 1.73. The first-order chi connectivity index (χ1) is 16.1. The summed E-state index contributed by atoms with van der Waals surface area (Å²) in [4.78, 5) is 25.3. The van der Waals surface area contributed by atoms with E-state index in [4.69, 9.17) is 4.74 Å². The molecule has 2 N–H and O–H groups in total. The van der Waals surface area contributed by atoms with Crippen LogP contribution in [0, 0.1) is 13.8 Å². The van der Waals surface area contributed by atoms with E-state index in [0.717, 1.165) is 11.1 Å². The monoisotopic (exact) mass is 480 g/mol. The Bertz CT molecular complexity index is 1290. The molecule has 178 valence electrons. The summed E-state index contributed by atoms with van der Waals surface area (Å²) in [6, 6.07) is 20.4. The Morgan fingerprint density at radius 3 is 2.18 bits per heavy atom. The average Bonchev–Trinajstić information content (AvgIpc) is 2.81. The second-order valence-corrected chi connectivity index (χ2v) is 9.77. The van der Waals surface area contributed by atoms with Gasteiger partial charge in [0.2, 0.25) is 0 Å². The van der Waals surface area contributed by atoms with Crippen LogP contribution < -0.4 is 10.0 Å². The highest BCUT2D eigenvalue weighted by Crippen LogP contribution is 2.22. The highest BCUT2D eigenvalue weighted by atomic mass is 32.2. The maximum absolute atomic E-state index is 12.9. The van der Waals surface area contributed by atoms with Crippen LogP contribution in [0.2, 0.25) is 0 Å². The van der Waals surface area contributed by atoms with Crippen LogP contribution in [0.25, 0.3) is 0 Å². The van der Waals surface area contributed by atoms with E-state index in [1.54, 1.807) is 32.0 Å². The van der Waals surface area contributed by atoms with Crippen LogP contribution in [0.3, 0.4) is 0 Å². The summed E-state index contributed by atoms with van der Waals surface area (Å²) in [5.41, 5.74) is 2.74. The molecule has 3 aromatic rings. The minimum atomic E-state index is -3.94. The van der Waals surface area contributed by atoms with Crippen LogP contribution in [-0.4, -0.2) is 26.4 Å². The number of sulfonamides is 1. The van der Waals surface area contributed by atoms with Crippen molar-refractivity contribution in [3.63, 3.8) is 0 Å². The summed E-state index contributed by atoms with van der Waals surface area (Å²) in [5, 5.41) is 2.81. The minimum Gasteiger partial charge on any atom is -0.449 e. The maximum atomic E-state index is 12.9. The van der Waals surface area contributed by atoms with E-state index in [2.05, 4.69) is 10.0 Å². The lowest BCUT2D eigenvalue weighted by Crippen LogP contribution is -2.37. The summed E-state index contributed by atoms with van der Waals surface area (Å²) in [7, 11) is -3.94. The first kappa shape index (κ1) is 25.0. The largest absolute Gasteiger partial charge is 0.449 e. The zero-order chi connectivity index (χ0) is 24.9. The van der Waals surface area contributed by atoms with Crippen molar-refractivity contribution >= 4 is 27.6 Å². The summed E-state index contributed by atoms with van der Waals surface area (Å²) >= 11 is 0. The molecular weight excluding hydrogens is 452 g/mol. The lowest BCUT2D eigenvalue weighted by atomic mass is 10.1. The van der Waals surface area contributed by atoms with Gasteiger partial charge in [-0.1, -0.05) is 54.6 Å². The predicted molar refractivity (Wildman–Crippen MR) is 131 cm³/mol. The number of hydrogen-bond acceptors (Lipinski definition) is 5. The molecular formula is C26H28N2O5S. The van der Waals surface area contributed by atoms with Crippen LogP contribution in [0.15, 0.2) is 77.7 Å². The van der Waals surface area contributed by atoms with Crippen LogP contribution in [-0.2, 0) is 19.6 Å². The van der Waals surface area contributed by atoms with E-state index in [1.807, 2.05) is 43.3 Å². The summed E-state index contributed by atoms with van der Waals surface area (Å²) in [6.07, 6.45) is -1.07. The zero-order valence-electron chi connectivity index (χ0n) is 19.5. The molecule has 3 aromatic carbocycles. The normalized spacial score (nSPS) is 12.9. The van der Waals surface area contributed by atoms with Crippen molar-refractivity contribution in [3.05, 3.63) is 95.1 Å². The molecule has 8 heteroatoms. The molecule has 2 unspecified atom stereocenters. The standard InChI is InChI=1S/C26H28N2O5S/c1-17-14-15-22(34(31,32)28-24-13-9-8-10-18(24)2)16-23(17)26(30)33-20(4)25(29)27-19(3)21-11-6-5-7-12-21/h5-16,19-20,28H,1-4H3,(H,27,29). The number of para-hydroxylation sites is 1. The third-order valence-electron chi connectivity index (χ3n) is 5.44. The Hall–Kier alpha value is -3.65. The number of esters is 1. The number of ether oxygens (including phenoxy) is 1. The molecule has 0 aromatic heterocycles. The Morgan fingerprint density at radius 1 is 0.853 bits per heavy atom. The first-order valence-electron chi connectivity index (χ1n) is 10.8. The Labute approximate surface area is 200 Å². The average molecular weight is 481 g/mol. The molecule has 0 aliphatic heterocycles. The zero-order valence-corrected chi connectivity index (χ0v) is 20.3. The van der Waals surface area contributed by atoms with Crippen molar-refractivity contribution in [3.8, 4) is 0 Å². The van der Waals surface area contributed by atoms with Gasteiger partial charge in [-0.3, -0.25) is 9.52 Å². The van der Waals surface area contributed by atoms with Crippen molar-refractivity contribution in [1.29, 1.82) is 0 Å². The number of carbonyl (C=O) groups is 2. The molecule has 0 spiro atoms. The minimum absolute atomic E-state index is 0.0726. The van der Waals surface area contributed by atoms with Gasteiger partial charge >= 0.3 is 5.97 Å². The van der Waals surface area contributed by atoms with E-state index in [0.29, 0.717) is 11.3 Å². The van der Waals surface area contributed by atoms with Crippen molar-refractivity contribution in [2.75, 3.05) is 4.72 Å². The fourth-order valence-electron chi connectivity index (χ4n) is 3.31. The SMILES string of the molecule is Cc1ccccc1NS(=O)(=O)c1ccc(C)c(C(=O)OC(C)C(=O)NC(C)c2ccccc2)c1. The van der Waals surface area contributed by atoms with Gasteiger partial charge < -0.3 is 10.1 Å².